The number of furan rings is 1. The summed E-state index contributed by atoms with van der Waals surface area (Å²) in [5, 5.41) is 7.17. The Kier molecular flexibility index (Phi) is 6.65. The number of alkyl halides is 2. The SMILES string of the molecule is O=C(Cc1csc(NC(=O)c2ccco2)n1)Nc1cccc(Cl)c1SC(F)F. The Hall–Kier alpha value is -2.43. The van der Waals surface area contributed by atoms with Gasteiger partial charge in [-0.05, 0) is 24.3 Å². The molecule has 3 rings (SSSR count). The standard InChI is InChI=1S/C17H12ClF2N3O3S2/c18-10-3-1-4-11(14(10)28-16(19)20)22-13(24)7-9-8-27-17(21-9)23-15(25)12-5-2-6-26-12/h1-6,8,16H,7H2,(H,22,24)(H,21,23,25). The van der Waals surface area contributed by atoms with Crippen LogP contribution in [-0.2, 0) is 11.2 Å². The number of thiazole rings is 1. The maximum atomic E-state index is 12.7. The van der Waals surface area contributed by atoms with Crippen LogP contribution in [0, 0.1) is 0 Å². The highest BCUT2D eigenvalue weighted by atomic mass is 35.5. The van der Waals surface area contributed by atoms with E-state index in [0.717, 1.165) is 11.3 Å². The van der Waals surface area contributed by atoms with Gasteiger partial charge in [0.15, 0.2) is 10.9 Å². The first-order chi connectivity index (χ1) is 13.4. The van der Waals surface area contributed by atoms with Crippen LogP contribution >= 0.6 is 34.7 Å². The maximum absolute atomic E-state index is 12.7. The molecule has 2 heterocycles. The summed E-state index contributed by atoms with van der Waals surface area (Å²) >= 11 is 7.36. The van der Waals surface area contributed by atoms with Gasteiger partial charge in [-0.25, -0.2) is 4.98 Å². The second-order valence-electron chi connectivity index (χ2n) is 5.30. The predicted molar refractivity (Wildman–Crippen MR) is 104 cm³/mol. The Labute approximate surface area is 171 Å². The predicted octanol–water partition coefficient (Wildman–Crippen LogP) is 5.14. The molecule has 0 saturated carbocycles. The van der Waals surface area contributed by atoms with E-state index in [1.54, 1.807) is 17.5 Å². The molecular weight excluding hydrogens is 432 g/mol. The van der Waals surface area contributed by atoms with Crippen molar-refractivity contribution in [1.82, 2.24) is 4.98 Å². The monoisotopic (exact) mass is 443 g/mol. The maximum Gasteiger partial charge on any atom is 0.293 e. The minimum absolute atomic E-state index is 0.0946. The molecule has 0 aliphatic rings. The first-order valence-electron chi connectivity index (χ1n) is 7.75. The Morgan fingerprint density at radius 1 is 1.25 bits per heavy atom. The van der Waals surface area contributed by atoms with Crippen molar-refractivity contribution < 1.29 is 22.8 Å². The number of hydrogen-bond acceptors (Lipinski definition) is 6. The fourth-order valence-electron chi connectivity index (χ4n) is 2.19. The molecule has 146 valence electrons. The summed E-state index contributed by atoms with van der Waals surface area (Å²) in [5.41, 5.74) is 0.617. The van der Waals surface area contributed by atoms with Crippen LogP contribution in [0.25, 0.3) is 0 Å². The summed E-state index contributed by atoms with van der Waals surface area (Å²) in [4.78, 5) is 28.4. The van der Waals surface area contributed by atoms with Gasteiger partial charge < -0.3 is 9.73 Å². The van der Waals surface area contributed by atoms with E-state index >= 15 is 0 Å². The number of carbonyl (C=O) groups excluding carboxylic acids is 2. The van der Waals surface area contributed by atoms with Crippen molar-refractivity contribution in [3.05, 3.63) is 58.5 Å². The third-order valence-corrected chi connectivity index (χ3v) is 5.39. The highest BCUT2D eigenvalue weighted by Crippen LogP contribution is 2.37. The van der Waals surface area contributed by atoms with Gasteiger partial charge in [0.2, 0.25) is 5.91 Å². The van der Waals surface area contributed by atoms with Crippen LogP contribution in [0.2, 0.25) is 5.02 Å². The summed E-state index contributed by atoms with van der Waals surface area (Å²) in [5.74, 6) is -3.44. The summed E-state index contributed by atoms with van der Waals surface area (Å²) in [7, 11) is 0. The Morgan fingerprint density at radius 3 is 2.79 bits per heavy atom. The molecule has 0 unspecified atom stereocenters. The number of rotatable bonds is 7. The van der Waals surface area contributed by atoms with Crippen LogP contribution < -0.4 is 10.6 Å². The Balaban J connectivity index is 1.62. The van der Waals surface area contributed by atoms with Crippen LogP contribution in [-0.4, -0.2) is 22.6 Å². The zero-order chi connectivity index (χ0) is 20.1. The molecule has 6 nitrogen and oxygen atoms in total. The summed E-state index contributed by atoms with van der Waals surface area (Å²) in [6.45, 7) is 0. The number of thioether (sulfide) groups is 1. The molecule has 0 radical (unpaired) electrons. The number of amides is 2. The lowest BCUT2D eigenvalue weighted by Crippen LogP contribution is -2.15. The molecule has 0 aliphatic heterocycles. The van der Waals surface area contributed by atoms with Crippen LogP contribution in [0.5, 0.6) is 0 Å². The number of anilines is 2. The molecule has 0 spiro atoms. The number of hydrogen-bond donors (Lipinski definition) is 2. The largest absolute Gasteiger partial charge is 0.459 e. The van der Waals surface area contributed by atoms with E-state index in [1.165, 1.54) is 24.5 Å². The molecule has 11 heteroatoms. The highest BCUT2D eigenvalue weighted by Gasteiger charge is 2.17. The van der Waals surface area contributed by atoms with Crippen LogP contribution in [0.1, 0.15) is 16.2 Å². The van der Waals surface area contributed by atoms with Gasteiger partial charge in [-0.1, -0.05) is 29.4 Å². The lowest BCUT2D eigenvalue weighted by atomic mass is 10.3. The van der Waals surface area contributed by atoms with Crippen LogP contribution in [0.15, 0.2) is 51.3 Å². The number of nitrogens with one attached hydrogen (secondary N) is 2. The number of nitrogens with zero attached hydrogens (tertiary/aromatic N) is 1. The Bertz CT molecular complexity index is 980. The van der Waals surface area contributed by atoms with E-state index in [0.29, 0.717) is 10.8 Å². The van der Waals surface area contributed by atoms with Gasteiger partial charge in [0.05, 0.1) is 34.0 Å². The van der Waals surface area contributed by atoms with Crippen LogP contribution in [0.4, 0.5) is 19.6 Å². The molecule has 0 aliphatic carbocycles. The molecule has 0 fully saturated rings. The van der Waals surface area contributed by atoms with Gasteiger partial charge in [0, 0.05) is 5.38 Å². The van der Waals surface area contributed by atoms with E-state index in [4.69, 9.17) is 16.0 Å². The molecule has 0 atom stereocenters. The average Bonchev–Trinajstić information content (AvgIpc) is 3.30. The number of halogens is 3. The second-order valence-corrected chi connectivity index (χ2v) is 7.56. The lowest BCUT2D eigenvalue weighted by Gasteiger charge is -2.11. The normalized spacial score (nSPS) is 10.9. The van der Waals surface area contributed by atoms with Gasteiger partial charge >= 0.3 is 0 Å². The zero-order valence-corrected chi connectivity index (χ0v) is 16.3. The molecule has 1 aromatic carbocycles. The van der Waals surface area contributed by atoms with E-state index in [9.17, 15) is 18.4 Å². The lowest BCUT2D eigenvalue weighted by molar-refractivity contribution is -0.115. The summed E-state index contributed by atoms with van der Waals surface area (Å²) in [6, 6.07) is 7.61. The van der Waals surface area contributed by atoms with Crippen molar-refractivity contribution in [1.29, 1.82) is 0 Å². The fraction of sp³-hybridized carbons (Fsp3) is 0.118. The van der Waals surface area contributed by atoms with Crippen molar-refractivity contribution in [2.24, 2.45) is 0 Å². The second kappa shape index (κ2) is 9.18. The van der Waals surface area contributed by atoms with Crippen molar-refractivity contribution >= 4 is 57.3 Å². The van der Waals surface area contributed by atoms with Crippen molar-refractivity contribution in [3.63, 3.8) is 0 Å². The number of carbonyl (C=O) groups is 2. The third kappa shape index (κ3) is 5.31. The van der Waals surface area contributed by atoms with E-state index < -0.39 is 17.6 Å². The zero-order valence-electron chi connectivity index (χ0n) is 13.9. The smallest absolute Gasteiger partial charge is 0.293 e. The quantitative estimate of drug-likeness (QED) is 0.494. The third-order valence-electron chi connectivity index (χ3n) is 3.31. The van der Waals surface area contributed by atoms with Crippen molar-refractivity contribution in [2.75, 3.05) is 10.6 Å². The van der Waals surface area contributed by atoms with Gasteiger partial charge in [-0.3, -0.25) is 14.9 Å². The average molecular weight is 444 g/mol. The van der Waals surface area contributed by atoms with E-state index in [-0.39, 0.29) is 39.5 Å². The summed E-state index contributed by atoms with van der Waals surface area (Å²) in [6.07, 6.45) is 1.28. The molecule has 2 N–H and O–H groups in total. The molecule has 0 saturated heterocycles. The fourth-order valence-corrected chi connectivity index (χ4v) is 3.81. The van der Waals surface area contributed by atoms with E-state index in [1.807, 2.05) is 0 Å². The topological polar surface area (TPSA) is 84.2 Å². The van der Waals surface area contributed by atoms with Gasteiger partial charge in [-0.15, -0.1) is 11.3 Å². The molecule has 2 aromatic heterocycles. The first-order valence-corrected chi connectivity index (χ1v) is 9.88. The summed E-state index contributed by atoms with van der Waals surface area (Å²) < 4.78 is 30.4. The van der Waals surface area contributed by atoms with Crippen molar-refractivity contribution in [3.8, 4) is 0 Å². The number of benzene rings is 1. The molecule has 28 heavy (non-hydrogen) atoms. The minimum atomic E-state index is -2.67. The van der Waals surface area contributed by atoms with Gasteiger partial charge in [0.25, 0.3) is 11.7 Å². The van der Waals surface area contributed by atoms with Gasteiger partial charge in [0.1, 0.15) is 0 Å². The minimum Gasteiger partial charge on any atom is -0.459 e. The van der Waals surface area contributed by atoms with Gasteiger partial charge in [-0.2, -0.15) is 8.78 Å². The highest BCUT2D eigenvalue weighted by molar-refractivity contribution is 7.99. The molecular formula is C17H12ClF2N3O3S2. The molecule has 0 bridgehead atoms. The molecule has 2 amide bonds. The first kappa shape index (κ1) is 20.3. The van der Waals surface area contributed by atoms with Crippen molar-refractivity contribution in [2.45, 2.75) is 17.1 Å². The Morgan fingerprint density at radius 2 is 2.07 bits per heavy atom. The van der Waals surface area contributed by atoms with Crippen LogP contribution in [0.3, 0.4) is 0 Å². The molecule has 3 aromatic rings. The van der Waals surface area contributed by atoms with E-state index in [2.05, 4.69) is 15.6 Å². The number of aromatic nitrogens is 1.